The standard InChI is InChI=1S/C18H26N2O4S/c1-11(2)19-18(21)15-10-14(6-7-17(15)24-3)25(22,23)20-16-9-12-4-5-13(16)8-12/h6-7,10-13,16,20H,4-5,8-9H2,1-3H3,(H,19,21). The minimum Gasteiger partial charge on any atom is -0.496 e. The molecule has 0 aromatic heterocycles. The Morgan fingerprint density at radius 3 is 2.56 bits per heavy atom. The molecule has 3 unspecified atom stereocenters. The maximum absolute atomic E-state index is 12.8. The van der Waals surface area contributed by atoms with E-state index in [1.807, 2.05) is 13.8 Å². The van der Waals surface area contributed by atoms with Gasteiger partial charge in [-0.25, -0.2) is 13.1 Å². The summed E-state index contributed by atoms with van der Waals surface area (Å²) in [4.78, 5) is 12.5. The minimum absolute atomic E-state index is 0.0128. The summed E-state index contributed by atoms with van der Waals surface area (Å²) in [6.45, 7) is 3.70. The molecule has 1 amide bonds. The van der Waals surface area contributed by atoms with Gasteiger partial charge in [0.25, 0.3) is 5.91 Å². The van der Waals surface area contributed by atoms with Gasteiger partial charge in [0.15, 0.2) is 0 Å². The fraction of sp³-hybridized carbons (Fsp3) is 0.611. The van der Waals surface area contributed by atoms with Crippen LogP contribution in [0.1, 0.15) is 49.9 Å². The molecule has 2 aliphatic rings. The van der Waals surface area contributed by atoms with Crippen molar-refractivity contribution < 1.29 is 17.9 Å². The van der Waals surface area contributed by atoms with Gasteiger partial charge in [0, 0.05) is 12.1 Å². The van der Waals surface area contributed by atoms with Crippen LogP contribution in [0.5, 0.6) is 5.75 Å². The lowest BCUT2D eigenvalue weighted by Crippen LogP contribution is -2.38. The van der Waals surface area contributed by atoms with Crippen LogP contribution in [0.4, 0.5) is 0 Å². The summed E-state index contributed by atoms with van der Waals surface area (Å²) in [7, 11) is -2.20. The van der Waals surface area contributed by atoms with Gasteiger partial charge in [-0.3, -0.25) is 4.79 Å². The summed E-state index contributed by atoms with van der Waals surface area (Å²) in [6.07, 6.45) is 4.35. The summed E-state index contributed by atoms with van der Waals surface area (Å²) < 4.78 is 33.6. The van der Waals surface area contributed by atoms with Crippen LogP contribution < -0.4 is 14.8 Å². The maximum atomic E-state index is 12.8. The monoisotopic (exact) mass is 366 g/mol. The number of rotatable bonds is 6. The number of hydrogen-bond donors (Lipinski definition) is 2. The van der Waals surface area contributed by atoms with Gasteiger partial charge in [0.2, 0.25) is 10.0 Å². The van der Waals surface area contributed by atoms with Gasteiger partial charge in [-0.15, -0.1) is 0 Å². The number of carbonyl (C=O) groups excluding carboxylic acids is 1. The van der Waals surface area contributed by atoms with Crippen molar-refractivity contribution in [2.24, 2.45) is 11.8 Å². The third kappa shape index (κ3) is 3.82. The average molecular weight is 366 g/mol. The molecule has 1 aromatic rings. The lowest BCUT2D eigenvalue weighted by Gasteiger charge is -2.23. The molecule has 2 fully saturated rings. The molecule has 2 bridgehead atoms. The topological polar surface area (TPSA) is 84.5 Å². The number of ether oxygens (including phenoxy) is 1. The highest BCUT2D eigenvalue weighted by Crippen LogP contribution is 2.44. The Bertz CT molecular complexity index is 760. The molecular weight excluding hydrogens is 340 g/mol. The van der Waals surface area contributed by atoms with Crippen molar-refractivity contribution in [3.8, 4) is 5.75 Å². The van der Waals surface area contributed by atoms with Gasteiger partial charge in [0.05, 0.1) is 17.6 Å². The highest BCUT2D eigenvalue weighted by molar-refractivity contribution is 7.89. The summed E-state index contributed by atoms with van der Waals surface area (Å²) in [5.74, 6) is 1.11. The summed E-state index contributed by atoms with van der Waals surface area (Å²) in [5, 5.41) is 2.77. The molecule has 3 atom stereocenters. The number of amides is 1. The van der Waals surface area contributed by atoms with E-state index >= 15 is 0 Å². The smallest absolute Gasteiger partial charge is 0.255 e. The van der Waals surface area contributed by atoms with Crippen molar-refractivity contribution in [2.75, 3.05) is 7.11 Å². The largest absolute Gasteiger partial charge is 0.496 e. The third-order valence-electron chi connectivity index (χ3n) is 5.19. The number of hydrogen-bond acceptors (Lipinski definition) is 4. The molecule has 2 aliphatic carbocycles. The molecule has 2 N–H and O–H groups in total. The van der Waals surface area contributed by atoms with Crippen LogP contribution in [0.2, 0.25) is 0 Å². The van der Waals surface area contributed by atoms with E-state index in [0.717, 1.165) is 19.3 Å². The van der Waals surface area contributed by atoms with Crippen LogP contribution >= 0.6 is 0 Å². The average Bonchev–Trinajstić information content (AvgIpc) is 3.15. The van der Waals surface area contributed by atoms with Crippen LogP contribution in [0.15, 0.2) is 23.1 Å². The molecule has 2 saturated carbocycles. The zero-order valence-corrected chi connectivity index (χ0v) is 15.7. The zero-order chi connectivity index (χ0) is 18.2. The molecule has 6 nitrogen and oxygen atoms in total. The van der Waals surface area contributed by atoms with Crippen LogP contribution in [0.25, 0.3) is 0 Å². The predicted octanol–water partition coefficient (Wildman–Crippen LogP) is 2.30. The quantitative estimate of drug-likeness (QED) is 0.809. The maximum Gasteiger partial charge on any atom is 0.255 e. The second-order valence-electron chi connectivity index (χ2n) is 7.39. The molecule has 7 heteroatoms. The van der Waals surface area contributed by atoms with Gasteiger partial charge in [-0.05, 0) is 63.1 Å². The van der Waals surface area contributed by atoms with Gasteiger partial charge in [-0.2, -0.15) is 0 Å². The van der Waals surface area contributed by atoms with Gasteiger partial charge < -0.3 is 10.1 Å². The van der Waals surface area contributed by atoms with Crippen molar-refractivity contribution in [3.63, 3.8) is 0 Å². The first-order chi connectivity index (χ1) is 11.8. The van der Waals surface area contributed by atoms with E-state index < -0.39 is 10.0 Å². The van der Waals surface area contributed by atoms with E-state index in [-0.39, 0.29) is 28.4 Å². The lowest BCUT2D eigenvalue weighted by molar-refractivity contribution is 0.0940. The number of benzene rings is 1. The highest BCUT2D eigenvalue weighted by atomic mass is 32.2. The molecule has 1 aromatic carbocycles. The van der Waals surface area contributed by atoms with E-state index in [0.29, 0.717) is 17.6 Å². The Morgan fingerprint density at radius 1 is 1.24 bits per heavy atom. The van der Waals surface area contributed by atoms with Gasteiger partial charge >= 0.3 is 0 Å². The molecular formula is C18H26N2O4S. The van der Waals surface area contributed by atoms with Gasteiger partial charge in [0.1, 0.15) is 5.75 Å². The lowest BCUT2D eigenvalue weighted by atomic mass is 9.96. The number of fused-ring (bicyclic) bond motifs is 2. The fourth-order valence-corrected chi connectivity index (χ4v) is 5.37. The Labute approximate surface area is 149 Å². The second kappa shape index (κ2) is 6.96. The fourth-order valence-electron chi connectivity index (χ4n) is 4.03. The second-order valence-corrected chi connectivity index (χ2v) is 9.11. The molecule has 25 heavy (non-hydrogen) atoms. The minimum atomic E-state index is -3.66. The molecule has 0 radical (unpaired) electrons. The van der Waals surface area contributed by atoms with E-state index in [1.54, 1.807) is 0 Å². The Balaban J connectivity index is 1.84. The summed E-state index contributed by atoms with van der Waals surface area (Å²) in [6, 6.07) is 4.38. The first-order valence-electron chi connectivity index (χ1n) is 8.81. The zero-order valence-electron chi connectivity index (χ0n) is 14.9. The number of methoxy groups -OCH3 is 1. The van der Waals surface area contributed by atoms with E-state index in [1.165, 1.54) is 31.7 Å². The van der Waals surface area contributed by atoms with Crippen LogP contribution in [0, 0.1) is 11.8 Å². The Kier molecular flexibility index (Phi) is 5.06. The first-order valence-corrected chi connectivity index (χ1v) is 10.3. The van der Waals surface area contributed by atoms with E-state index in [9.17, 15) is 13.2 Å². The predicted molar refractivity (Wildman–Crippen MR) is 95.2 cm³/mol. The molecule has 0 saturated heterocycles. The first kappa shape index (κ1) is 18.2. The van der Waals surface area contributed by atoms with Crippen molar-refractivity contribution in [1.29, 1.82) is 0 Å². The molecule has 0 aliphatic heterocycles. The summed E-state index contributed by atoms with van der Waals surface area (Å²) >= 11 is 0. The molecule has 3 rings (SSSR count). The molecule has 0 heterocycles. The van der Waals surface area contributed by atoms with Gasteiger partial charge in [-0.1, -0.05) is 6.42 Å². The van der Waals surface area contributed by atoms with Crippen LogP contribution in [-0.4, -0.2) is 33.5 Å². The van der Waals surface area contributed by atoms with Crippen LogP contribution in [0.3, 0.4) is 0 Å². The summed E-state index contributed by atoms with van der Waals surface area (Å²) in [5.41, 5.74) is 0.229. The van der Waals surface area contributed by atoms with Crippen LogP contribution in [-0.2, 0) is 10.0 Å². The van der Waals surface area contributed by atoms with Crippen molar-refractivity contribution >= 4 is 15.9 Å². The Hall–Kier alpha value is -1.60. The van der Waals surface area contributed by atoms with Crippen molar-refractivity contribution in [1.82, 2.24) is 10.0 Å². The van der Waals surface area contributed by atoms with E-state index in [4.69, 9.17) is 4.74 Å². The SMILES string of the molecule is COc1ccc(S(=O)(=O)NC2CC3CCC2C3)cc1C(=O)NC(C)C. The van der Waals surface area contributed by atoms with Crippen molar-refractivity contribution in [3.05, 3.63) is 23.8 Å². The number of carbonyl (C=O) groups is 1. The Morgan fingerprint density at radius 2 is 2.00 bits per heavy atom. The van der Waals surface area contributed by atoms with Crippen molar-refractivity contribution in [2.45, 2.75) is 56.5 Å². The third-order valence-corrected chi connectivity index (χ3v) is 6.68. The normalized spacial score (nSPS) is 25.4. The molecule has 0 spiro atoms. The number of nitrogens with one attached hydrogen (secondary N) is 2. The van der Waals surface area contributed by atoms with E-state index in [2.05, 4.69) is 10.0 Å². The highest BCUT2D eigenvalue weighted by Gasteiger charge is 2.41. The number of sulfonamides is 1. The molecule has 138 valence electrons.